The average molecular weight is 244 g/mol. The molecule has 0 atom stereocenters. The summed E-state index contributed by atoms with van der Waals surface area (Å²) in [4.78, 5) is 26.9. The van der Waals surface area contributed by atoms with E-state index in [1.807, 2.05) is 30.3 Å². The van der Waals surface area contributed by atoms with Crippen LogP contribution in [0.3, 0.4) is 0 Å². The van der Waals surface area contributed by atoms with E-state index in [2.05, 4.69) is 4.98 Å². The second kappa shape index (κ2) is 4.83. The fourth-order valence-electron chi connectivity index (χ4n) is 1.71. The Bertz CT molecular complexity index is 632. The normalized spacial score (nSPS) is 10.3. The van der Waals surface area contributed by atoms with E-state index in [1.54, 1.807) is 0 Å². The van der Waals surface area contributed by atoms with Crippen LogP contribution < -0.4 is 5.56 Å². The Labute approximate surface area is 103 Å². The summed E-state index contributed by atoms with van der Waals surface area (Å²) >= 11 is 0. The number of aromatic nitrogens is 2. The first-order chi connectivity index (χ1) is 8.59. The minimum atomic E-state index is -1.24. The van der Waals surface area contributed by atoms with Gasteiger partial charge in [0.1, 0.15) is 5.56 Å². The average Bonchev–Trinajstić information content (AvgIpc) is 2.35. The van der Waals surface area contributed by atoms with E-state index in [0.717, 1.165) is 10.1 Å². The molecule has 0 aliphatic rings. The molecule has 2 aromatic rings. The minimum Gasteiger partial charge on any atom is -0.477 e. The fourth-order valence-corrected chi connectivity index (χ4v) is 1.71. The topological polar surface area (TPSA) is 72.2 Å². The molecule has 1 aromatic heterocycles. The first kappa shape index (κ1) is 12.0. The van der Waals surface area contributed by atoms with Gasteiger partial charge in [0.2, 0.25) is 0 Å². The van der Waals surface area contributed by atoms with Gasteiger partial charge in [-0.1, -0.05) is 30.3 Å². The molecule has 1 heterocycles. The first-order valence-corrected chi connectivity index (χ1v) is 5.41. The number of aryl methyl sites for hydroxylation is 1. The summed E-state index contributed by atoms with van der Waals surface area (Å²) in [6, 6.07) is 9.32. The number of carboxylic acid groups (broad SMARTS) is 1. The largest absolute Gasteiger partial charge is 0.477 e. The highest BCUT2D eigenvalue weighted by Gasteiger charge is 2.17. The summed E-state index contributed by atoms with van der Waals surface area (Å²) in [6.45, 7) is 0. The van der Waals surface area contributed by atoms with Gasteiger partial charge in [0.25, 0.3) is 5.56 Å². The van der Waals surface area contributed by atoms with Crippen molar-refractivity contribution in [3.63, 3.8) is 0 Å². The molecule has 0 bridgehead atoms. The van der Waals surface area contributed by atoms with Gasteiger partial charge in [-0.05, 0) is 5.56 Å². The van der Waals surface area contributed by atoms with Gasteiger partial charge in [0, 0.05) is 13.5 Å². The summed E-state index contributed by atoms with van der Waals surface area (Å²) < 4.78 is 1.16. The maximum absolute atomic E-state index is 11.8. The highest BCUT2D eigenvalue weighted by atomic mass is 16.4. The van der Waals surface area contributed by atoms with Crippen LogP contribution in [0, 0.1) is 0 Å². The number of carboxylic acids is 1. The Morgan fingerprint density at radius 1 is 1.33 bits per heavy atom. The van der Waals surface area contributed by atoms with Crippen molar-refractivity contribution in [1.82, 2.24) is 9.55 Å². The summed E-state index contributed by atoms with van der Waals surface area (Å²) in [5.41, 5.74) is 0.407. The monoisotopic (exact) mass is 244 g/mol. The number of nitrogens with zero attached hydrogens (tertiary/aromatic N) is 2. The maximum atomic E-state index is 11.8. The first-order valence-electron chi connectivity index (χ1n) is 5.41. The van der Waals surface area contributed by atoms with Crippen molar-refractivity contribution in [2.24, 2.45) is 7.05 Å². The summed E-state index contributed by atoms with van der Waals surface area (Å²) in [7, 11) is 1.48. The molecule has 0 saturated heterocycles. The van der Waals surface area contributed by atoms with Crippen LogP contribution in [0.2, 0.25) is 0 Å². The predicted octanol–water partition coefficient (Wildman–Crippen LogP) is 1.07. The highest BCUT2D eigenvalue weighted by Crippen LogP contribution is 2.09. The molecule has 1 aromatic carbocycles. The van der Waals surface area contributed by atoms with Gasteiger partial charge >= 0.3 is 5.97 Å². The Morgan fingerprint density at radius 2 is 2.00 bits per heavy atom. The van der Waals surface area contributed by atoms with Crippen LogP contribution in [-0.2, 0) is 13.5 Å². The molecule has 0 amide bonds. The van der Waals surface area contributed by atoms with E-state index < -0.39 is 11.5 Å². The third-order valence-corrected chi connectivity index (χ3v) is 2.64. The number of benzene rings is 1. The molecule has 1 N–H and O–H groups in total. The third-order valence-electron chi connectivity index (χ3n) is 2.64. The van der Waals surface area contributed by atoms with Gasteiger partial charge in [-0.3, -0.25) is 4.79 Å². The van der Waals surface area contributed by atoms with E-state index >= 15 is 0 Å². The lowest BCUT2D eigenvalue weighted by Gasteiger charge is -2.06. The second-order valence-corrected chi connectivity index (χ2v) is 3.95. The van der Waals surface area contributed by atoms with E-state index in [4.69, 9.17) is 5.11 Å². The summed E-state index contributed by atoms with van der Waals surface area (Å²) in [6.07, 6.45) is 1.67. The molecule has 0 aliphatic heterocycles. The Balaban J connectivity index is 2.49. The quantitative estimate of drug-likeness (QED) is 0.876. The van der Waals surface area contributed by atoms with Crippen LogP contribution in [-0.4, -0.2) is 20.6 Å². The van der Waals surface area contributed by atoms with E-state index in [9.17, 15) is 9.59 Å². The molecule has 0 radical (unpaired) electrons. The molecule has 5 nitrogen and oxygen atoms in total. The fraction of sp³-hybridized carbons (Fsp3) is 0.154. The molecular weight excluding hydrogens is 232 g/mol. The van der Waals surface area contributed by atoms with Crippen LogP contribution in [0.15, 0.2) is 41.5 Å². The van der Waals surface area contributed by atoms with Gasteiger partial charge in [-0.25, -0.2) is 9.78 Å². The van der Waals surface area contributed by atoms with Crippen molar-refractivity contribution in [2.75, 3.05) is 0 Å². The molecule has 5 heteroatoms. The van der Waals surface area contributed by atoms with Crippen molar-refractivity contribution in [3.8, 4) is 0 Å². The number of hydrogen-bond acceptors (Lipinski definition) is 3. The maximum Gasteiger partial charge on any atom is 0.343 e. The van der Waals surface area contributed by atoms with Crippen molar-refractivity contribution in [2.45, 2.75) is 6.42 Å². The van der Waals surface area contributed by atoms with Gasteiger partial charge in [0.05, 0.1) is 12.0 Å². The summed E-state index contributed by atoms with van der Waals surface area (Å²) in [5, 5.41) is 9.10. The van der Waals surface area contributed by atoms with Gasteiger partial charge in [-0.2, -0.15) is 0 Å². The Hall–Kier alpha value is -2.43. The molecular formula is C13H12N2O3. The molecule has 18 heavy (non-hydrogen) atoms. The smallest absolute Gasteiger partial charge is 0.343 e. The zero-order valence-corrected chi connectivity index (χ0v) is 9.83. The number of rotatable bonds is 3. The molecule has 0 fully saturated rings. The lowest BCUT2D eigenvalue weighted by atomic mass is 10.1. The standard InChI is InChI=1S/C13H12N2O3/c1-15-8-14-10(11(12(15)16)13(17)18)7-9-5-3-2-4-6-9/h2-6,8H,7H2,1H3,(H,17,18). The minimum absolute atomic E-state index is 0.260. The zero-order chi connectivity index (χ0) is 13.1. The van der Waals surface area contributed by atoms with Crippen molar-refractivity contribution in [1.29, 1.82) is 0 Å². The number of hydrogen-bond donors (Lipinski definition) is 1. The zero-order valence-electron chi connectivity index (χ0n) is 9.83. The van der Waals surface area contributed by atoms with E-state index in [0.29, 0.717) is 6.42 Å². The Morgan fingerprint density at radius 3 is 2.61 bits per heavy atom. The predicted molar refractivity (Wildman–Crippen MR) is 65.7 cm³/mol. The van der Waals surface area contributed by atoms with Crippen molar-refractivity contribution < 1.29 is 9.90 Å². The van der Waals surface area contributed by atoms with Gasteiger partial charge in [0.15, 0.2) is 0 Å². The highest BCUT2D eigenvalue weighted by molar-refractivity contribution is 5.88. The number of carbonyl (C=O) groups is 1. The van der Waals surface area contributed by atoms with Crippen LogP contribution in [0.25, 0.3) is 0 Å². The van der Waals surface area contributed by atoms with Crippen LogP contribution in [0.5, 0.6) is 0 Å². The second-order valence-electron chi connectivity index (χ2n) is 3.95. The lowest BCUT2D eigenvalue weighted by molar-refractivity contribution is 0.0692. The van der Waals surface area contributed by atoms with Gasteiger partial charge < -0.3 is 9.67 Å². The van der Waals surface area contributed by atoms with Crippen LogP contribution in [0.1, 0.15) is 21.6 Å². The van der Waals surface area contributed by atoms with Crippen LogP contribution >= 0.6 is 0 Å². The molecule has 0 spiro atoms. The van der Waals surface area contributed by atoms with E-state index in [1.165, 1.54) is 13.4 Å². The summed E-state index contributed by atoms with van der Waals surface area (Å²) in [5.74, 6) is -1.24. The Kier molecular flexibility index (Phi) is 3.23. The third kappa shape index (κ3) is 2.29. The van der Waals surface area contributed by atoms with Crippen molar-refractivity contribution >= 4 is 5.97 Å². The molecule has 0 saturated carbocycles. The molecule has 2 rings (SSSR count). The molecule has 0 aliphatic carbocycles. The molecule has 92 valence electrons. The van der Waals surface area contributed by atoms with E-state index in [-0.39, 0.29) is 11.3 Å². The molecule has 0 unspecified atom stereocenters. The number of aromatic carboxylic acids is 1. The van der Waals surface area contributed by atoms with Crippen LogP contribution in [0.4, 0.5) is 0 Å². The van der Waals surface area contributed by atoms with Gasteiger partial charge in [-0.15, -0.1) is 0 Å². The SMILES string of the molecule is Cn1cnc(Cc2ccccc2)c(C(=O)O)c1=O. The van der Waals surface area contributed by atoms with Crippen molar-refractivity contribution in [3.05, 3.63) is 63.8 Å². The lowest BCUT2D eigenvalue weighted by Crippen LogP contribution is -2.27.